The van der Waals surface area contributed by atoms with Crippen LogP contribution in [0.25, 0.3) is 0 Å². The molecule has 1 aromatic carbocycles. The molecule has 1 aliphatic rings. The highest BCUT2D eigenvalue weighted by Crippen LogP contribution is 2.33. The Labute approximate surface area is 104 Å². The first-order valence-corrected chi connectivity index (χ1v) is 6.19. The standard InChI is InChI=1S/C12H13BrClN/c1-8(13)7-15-12-5-3-9-2-4-10(14)6-11(9)12/h2,4,6,12,15H,1,3,5,7H2. The van der Waals surface area contributed by atoms with Gasteiger partial charge in [0.05, 0.1) is 0 Å². The minimum atomic E-state index is 0.424. The molecular weight excluding hydrogens is 273 g/mol. The van der Waals surface area contributed by atoms with Gasteiger partial charge in [-0.25, -0.2) is 0 Å². The lowest BCUT2D eigenvalue weighted by Crippen LogP contribution is -2.20. The normalized spacial score (nSPS) is 18.9. The Balaban J connectivity index is 2.13. The van der Waals surface area contributed by atoms with Gasteiger partial charge in [0.1, 0.15) is 0 Å². The molecule has 0 heterocycles. The third-order valence-corrected chi connectivity index (χ3v) is 3.24. The van der Waals surface area contributed by atoms with Crippen LogP contribution in [0.5, 0.6) is 0 Å². The Hall–Kier alpha value is -0.310. The lowest BCUT2D eigenvalue weighted by molar-refractivity contribution is 0.563. The maximum Gasteiger partial charge on any atom is 0.0409 e. The number of benzene rings is 1. The van der Waals surface area contributed by atoms with Crippen LogP contribution < -0.4 is 5.32 Å². The Bertz CT molecular complexity index is 389. The molecule has 0 amide bonds. The summed E-state index contributed by atoms with van der Waals surface area (Å²) in [6.45, 7) is 4.62. The van der Waals surface area contributed by atoms with Crippen LogP contribution in [-0.4, -0.2) is 6.54 Å². The number of rotatable bonds is 3. The minimum absolute atomic E-state index is 0.424. The van der Waals surface area contributed by atoms with Crippen LogP contribution in [0, 0.1) is 0 Å². The van der Waals surface area contributed by atoms with E-state index in [-0.39, 0.29) is 0 Å². The molecule has 0 saturated heterocycles. The summed E-state index contributed by atoms with van der Waals surface area (Å²) in [5, 5.41) is 4.28. The smallest absolute Gasteiger partial charge is 0.0409 e. The molecule has 0 aromatic heterocycles. The van der Waals surface area contributed by atoms with E-state index in [0.29, 0.717) is 6.04 Å². The van der Waals surface area contributed by atoms with Crippen LogP contribution in [-0.2, 0) is 6.42 Å². The number of nitrogens with one attached hydrogen (secondary N) is 1. The topological polar surface area (TPSA) is 12.0 Å². The van der Waals surface area contributed by atoms with Gasteiger partial charge in [0.15, 0.2) is 0 Å². The van der Waals surface area contributed by atoms with Crippen molar-refractivity contribution < 1.29 is 0 Å². The van der Waals surface area contributed by atoms with E-state index in [1.54, 1.807) is 0 Å². The summed E-state index contributed by atoms with van der Waals surface area (Å²) in [5.74, 6) is 0. The second-order valence-corrected chi connectivity index (χ2v) is 5.39. The first kappa shape index (κ1) is 11.2. The third-order valence-electron chi connectivity index (χ3n) is 2.73. The van der Waals surface area contributed by atoms with Crippen molar-refractivity contribution in [2.24, 2.45) is 0 Å². The van der Waals surface area contributed by atoms with Gasteiger partial charge in [-0.05, 0) is 36.1 Å². The predicted molar refractivity (Wildman–Crippen MR) is 68.6 cm³/mol. The van der Waals surface area contributed by atoms with Crippen molar-refractivity contribution in [1.82, 2.24) is 5.32 Å². The van der Waals surface area contributed by atoms with Crippen molar-refractivity contribution in [3.8, 4) is 0 Å². The molecule has 1 N–H and O–H groups in total. The van der Waals surface area contributed by atoms with Crippen molar-refractivity contribution in [2.45, 2.75) is 18.9 Å². The van der Waals surface area contributed by atoms with Gasteiger partial charge < -0.3 is 5.32 Å². The van der Waals surface area contributed by atoms with E-state index >= 15 is 0 Å². The third kappa shape index (κ3) is 2.63. The van der Waals surface area contributed by atoms with Gasteiger partial charge in [0.25, 0.3) is 0 Å². The molecule has 1 aromatic rings. The van der Waals surface area contributed by atoms with E-state index in [1.807, 2.05) is 6.07 Å². The molecule has 0 aliphatic heterocycles. The second-order valence-electron chi connectivity index (χ2n) is 3.83. The van der Waals surface area contributed by atoms with Crippen LogP contribution in [0.3, 0.4) is 0 Å². The quantitative estimate of drug-likeness (QED) is 0.890. The van der Waals surface area contributed by atoms with Crippen molar-refractivity contribution in [3.05, 3.63) is 45.4 Å². The Morgan fingerprint density at radius 3 is 3.13 bits per heavy atom. The number of hydrogen-bond acceptors (Lipinski definition) is 1. The number of fused-ring (bicyclic) bond motifs is 1. The van der Waals surface area contributed by atoms with E-state index in [9.17, 15) is 0 Å². The lowest BCUT2D eigenvalue weighted by atomic mass is 10.1. The molecule has 1 nitrogen and oxygen atoms in total. The zero-order chi connectivity index (χ0) is 10.8. The summed E-state index contributed by atoms with van der Waals surface area (Å²) >= 11 is 9.35. The monoisotopic (exact) mass is 285 g/mol. The van der Waals surface area contributed by atoms with Crippen molar-refractivity contribution >= 4 is 27.5 Å². The molecule has 0 spiro atoms. The molecule has 15 heavy (non-hydrogen) atoms. The molecular formula is C12H13BrClN. The largest absolute Gasteiger partial charge is 0.305 e. The SMILES string of the molecule is C=C(Br)CNC1CCc2ccc(Cl)cc21. The van der Waals surface area contributed by atoms with Gasteiger partial charge in [-0.2, -0.15) is 0 Å². The molecule has 1 aliphatic carbocycles. The van der Waals surface area contributed by atoms with E-state index < -0.39 is 0 Å². The first-order chi connectivity index (χ1) is 7.16. The summed E-state index contributed by atoms with van der Waals surface area (Å²) in [5.41, 5.74) is 2.76. The van der Waals surface area contributed by atoms with Crippen LogP contribution >= 0.6 is 27.5 Å². The average molecular weight is 287 g/mol. The molecule has 3 heteroatoms. The summed E-state index contributed by atoms with van der Waals surface area (Å²) in [4.78, 5) is 0. The predicted octanol–water partition coefficient (Wildman–Crippen LogP) is 3.83. The van der Waals surface area contributed by atoms with Crippen molar-refractivity contribution in [1.29, 1.82) is 0 Å². The Morgan fingerprint density at radius 2 is 2.40 bits per heavy atom. The Kier molecular flexibility index (Phi) is 3.49. The maximum absolute atomic E-state index is 6.00. The van der Waals surface area contributed by atoms with Crippen LogP contribution in [0.15, 0.2) is 29.3 Å². The van der Waals surface area contributed by atoms with Crippen LogP contribution in [0.4, 0.5) is 0 Å². The molecule has 1 unspecified atom stereocenters. The van der Waals surface area contributed by atoms with Gasteiger partial charge in [-0.3, -0.25) is 0 Å². The maximum atomic E-state index is 6.00. The van der Waals surface area contributed by atoms with Gasteiger partial charge >= 0.3 is 0 Å². The number of halogens is 2. The van der Waals surface area contributed by atoms with E-state index in [0.717, 1.165) is 28.9 Å². The Morgan fingerprint density at radius 1 is 1.60 bits per heavy atom. The highest BCUT2D eigenvalue weighted by molar-refractivity contribution is 9.11. The second kappa shape index (κ2) is 4.69. The highest BCUT2D eigenvalue weighted by Gasteiger charge is 2.21. The van der Waals surface area contributed by atoms with Gasteiger partial charge in [-0.15, -0.1) is 0 Å². The van der Waals surface area contributed by atoms with Crippen molar-refractivity contribution in [3.63, 3.8) is 0 Å². The zero-order valence-corrected chi connectivity index (χ0v) is 10.7. The summed E-state index contributed by atoms with van der Waals surface area (Å²) < 4.78 is 0.984. The molecule has 2 rings (SSSR count). The van der Waals surface area contributed by atoms with E-state index in [2.05, 4.69) is 40.0 Å². The molecule has 0 saturated carbocycles. The fourth-order valence-electron chi connectivity index (χ4n) is 2.02. The summed E-state index contributed by atoms with van der Waals surface area (Å²) in [6, 6.07) is 6.58. The molecule has 0 bridgehead atoms. The van der Waals surface area contributed by atoms with Crippen LogP contribution in [0.1, 0.15) is 23.6 Å². The fourth-order valence-corrected chi connectivity index (χ4v) is 2.36. The highest BCUT2D eigenvalue weighted by atomic mass is 79.9. The molecule has 1 atom stereocenters. The van der Waals surface area contributed by atoms with Gasteiger partial charge in [-0.1, -0.05) is 40.2 Å². The minimum Gasteiger partial charge on any atom is -0.305 e. The van der Waals surface area contributed by atoms with Gasteiger partial charge in [0.2, 0.25) is 0 Å². The van der Waals surface area contributed by atoms with Gasteiger partial charge in [0, 0.05) is 22.1 Å². The summed E-state index contributed by atoms with van der Waals surface area (Å²) in [6.07, 6.45) is 2.29. The zero-order valence-electron chi connectivity index (χ0n) is 8.39. The fraction of sp³-hybridized carbons (Fsp3) is 0.333. The number of hydrogen-bond donors (Lipinski definition) is 1. The van der Waals surface area contributed by atoms with Crippen molar-refractivity contribution in [2.75, 3.05) is 6.54 Å². The van der Waals surface area contributed by atoms with E-state index in [1.165, 1.54) is 11.1 Å². The average Bonchev–Trinajstić information content (AvgIpc) is 2.57. The number of aryl methyl sites for hydroxylation is 1. The lowest BCUT2D eigenvalue weighted by Gasteiger charge is -2.13. The van der Waals surface area contributed by atoms with Crippen LogP contribution in [0.2, 0.25) is 5.02 Å². The molecule has 0 radical (unpaired) electrons. The molecule has 80 valence electrons. The van der Waals surface area contributed by atoms with E-state index in [4.69, 9.17) is 11.6 Å². The summed E-state index contributed by atoms with van der Waals surface area (Å²) in [7, 11) is 0. The molecule has 0 fully saturated rings. The first-order valence-electron chi connectivity index (χ1n) is 5.02.